The first kappa shape index (κ1) is 17.5. The zero-order valence-corrected chi connectivity index (χ0v) is 14.2. The molecule has 0 atom stereocenters. The summed E-state index contributed by atoms with van der Waals surface area (Å²) in [5.41, 5.74) is 0.851. The predicted molar refractivity (Wildman–Crippen MR) is 89.0 cm³/mol. The first-order valence-corrected chi connectivity index (χ1v) is 7.17. The second-order valence-corrected chi connectivity index (χ2v) is 5.23. The van der Waals surface area contributed by atoms with Crippen LogP contribution in [0.4, 0.5) is 0 Å². The van der Waals surface area contributed by atoms with Gasteiger partial charge in [0.1, 0.15) is 4.99 Å². The monoisotopic (exact) mass is 312 g/mol. The van der Waals surface area contributed by atoms with Gasteiger partial charge >= 0.3 is 0 Å². The van der Waals surface area contributed by atoms with Crippen molar-refractivity contribution in [1.29, 1.82) is 0 Å². The fraction of sp³-hybridized carbons (Fsp3) is 0.533. The molecule has 0 fully saturated rings. The maximum Gasteiger partial charge on any atom is 0.203 e. The van der Waals surface area contributed by atoms with Gasteiger partial charge in [-0.3, -0.25) is 0 Å². The molecule has 0 aromatic heterocycles. The Hall–Kier alpha value is -1.53. The van der Waals surface area contributed by atoms with E-state index in [1.807, 2.05) is 12.1 Å². The lowest BCUT2D eigenvalue weighted by Gasteiger charge is -2.15. The summed E-state index contributed by atoms with van der Waals surface area (Å²) in [4.78, 5) is 2.82. The van der Waals surface area contributed by atoms with Gasteiger partial charge in [-0.25, -0.2) is 0 Å². The quantitative estimate of drug-likeness (QED) is 0.584. The molecule has 0 heterocycles. The van der Waals surface area contributed by atoms with Gasteiger partial charge in [0, 0.05) is 12.1 Å². The molecule has 1 aromatic carbocycles. The van der Waals surface area contributed by atoms with Gasteiger partial charge in [0.15, 0.2) is 11.5 Å². The minimum absolute atomic E-state index is 0.569. The van der Waals surface area contributed by atoms with Crippen molar-refractivity contribution in [1.82, 2.24) is 10.2 Å². The topological polar surface area (TPSA) is 43.0 Å². The zero-order valence-electron chi connectivity index (χ0n) is 13.4. The van der Waals surface area contributed by atoms with Crippen LogP contribution >= 0.6 is 12.2 Å². The van der Waals surface area contributed by atoms with Gasteiger partial charge in [0.05, 0.1) is 21.3 Å². The molecule has 0 saturated carbocycles. The highest BCUT2D eigenvalue weighted by Crippen LogP contribution is 2.38. The molecule has 1 rings (SSSR count). The van der Waals surface area contributed by atoms with E-state index in [2.05, 4.69) is 24.3 Å². The van der Waals surface area contributed by atoms with Crippen molar-refractivity contribution < 1.29 is 14.2 Å². The summed E-state index contributed by atoms with van der Waals surface area (Å²) in [6, 6.07) is 3.70. The molecule has 1 N–H and O–H groups in total. The number of nitrogens with zero attached hydrogens (tertiary/aromatic N) is 1. The molecule has 118 valence electrons. The Labute approximate surface area is 132 Å². The second-order valence-electron chi connectivity index (χ2n) is 4.83. The van der Waals surface area contributed by atoms with E-state index in [0.717, 1.165) is 25.1 Å². The lowest BCUT2D eigenvalue weighted by Crippen LogP contribution is -2.26. The number of thiocarbonyl (C=S) groups is 1. The Balaban J connectivity index is 2.80. The number of methoxy groups -OCH3 is 3. The van der Waals surface area contributed by atoms with Crippen molar-refractivity contribution in [3.63, 3.8) is 0 Å². The molecule has 0 bridgehead atoms. The summed E-state index contributed by atoms with van der Waals surface area (Å²) in [5.74, 6) is 1.77. The number of benzene rings is 1. The van der Waals surface area contributed by atoms with E-state index < -0.39 is 0 Å². The molecule has 0 radical (unpaired) electrons. The Morgan fingerprint density at radius 1 is 1.10 bits per heavy atom. The molecule has 21 heavy (non-hydrogen) atoms. The Morgan fingerprint density at radius 3 is 2.10 bits per heavy atom. The van der Waals surface area contributed by atoms with Crippen molar-refractivity contribution in [3.8, 4) is 17.2 Å². The van der Waals surface area contributed by atoms with Crippen LogP contribution in [-0.4, -0.2) is 58.4 Å². The fourth-order valence-corrected chi connectivity index (χ4v) is 2.13. The molecule has 1 aromatic rings. The van der Waals surface area contributed by atoms with Crippen molar-refractivity contribution >= 4 is 17.2 Å². The molecule has 0 aliphatic heterocycles. The minimum Gasteiger partial charge on any atom is -0.493 e. The van der Waals surface area contributed by atoms with Crippen LogP contribution in [-0.2, 0) is 0 Å². The SMILES string of the molecule is COc1cc(C(=S)NCCCN(C)C)cc(OC)c1OC. The van der Waals surface area contributed by atoms with E-state index in [4.69, 9.17) is 26.4 Å². The average Bonchev–Trinajstić information content (AvgIpc) is 2.49. The molecule has 5 nitrogen and oxygen atoms in total. The van der Waals surface area contributed by atoms with Gasteiger partial charge in [-0.2, -0.15) is 0 Å². The van der Waals surface area contributed by atoms with Crippen LogP contribution in [0.5, 0.6) is 17.2 Å². The summed E-state index contributed by atoms with van der Waals surface area (Å²) in [5, 5.41) is 3.25. The van der Waals surface area contributed by atoms with Crippen LogP contribution in [0.1, 0.15) is 12.0 Å². The van der Waals surface area contributed by atoms with Crippen LogP contribution in [0.25, 0.3) is 0 Å². The van der Waals surface area contributed by atoms with E-state index >= 15 is 0 Å². The van der Waals surface area contributed by atoms with Gasteiger partial charge in [-0.15, -0.1) is 0 Å². The third-order valence-electron chi connectivity index (χ3n) is 2.99. The molecule has 0 unspecified atom stereocenters. The largest absolute Gasteiger partial charge is 0.493 e. The van der Waals surface area contributed by atoms with E-state index in [1.54, 1.807) is 21.3 Å². The van der Waals surface area contributed by atoms with Crippen molar-refractivity contribution in [2.75, 3.05) is 48.5 Å². The van der Waals surface area contributed by atoms with Crippen LogP contribution in [0.3, 0.4) is 0 Å². The van der Waals surface area contributed by atoms with Crippen LogP contribution in [0.15, 0.2) is 12.1 Å². The number of nitrogens with one attached hydrogen (secondary N) is 1. The zero-order chi connectivity index (χ0) is 15.8. The maximum atomic E-state index is 5.42. The van der Waals surface area contributed by atoms with Crippen molar-refractivity contribution in [3.05, 3.63) is 17.7 Å². The highest BCUT2D eigenvalue weighted by atomic mass is 32.1. The second kappa shape index (κ2) is 8.69. The molecular formula is C15H24N2O3S. The van der Waals surface area contributed by atoms with E-state index in [1.165, 1.54) is 0 Å². The predicted octanol–water partition coefficient (Wildman–Crippen LogP) is 1.93. The molecule has 0 aliphatic rings. The number of hydrogen-bond donors (Lipinski definition) is 1. The first-order valence-electron chi connectivity index (χ1n) is 6.76. The van der Waals surface area contributed by atoms with E-state index in [9.17, 15) is 0 Å². The lowest BCUT2D eigenvalue weighted by atomic mass is 10.1. The highest BCUT2D eigenvalue weighted by Gasteiger charge is 2.14. The molecule has 0 saturated heterocycles. The van der Waals surface area contributed by atoms with Gasteiger partial charge in [0.25, 0.3) is 0 Å². The smallest absolute Gasteiger partial charge is 0.203 e. The van der Waals surface area contributed by atoms with Gasteiger partial charge in [-0.05, 0) is 39.2 Å². The average molecular weight is 312 g/mol. The Bertz CT molecular complexity index is 453. The van der Waals surface area contributed by atoms with E-state index in [0.29, 0.717) is 22.2 Å². The number of rotatable bonds is 8. The van der Waals surface area contributed by atoms with Crippen LogP contribution in [0.2, 0.25) is 0 Å². The fourth-order valence-electron chi connectivity index (χ4n) is 1.91. The molecular weight excluding hydrogens is 288 g/mol. The van der Waals surface area contributed by atoms with Crippen LogP contribution in [0, 0.1) is 0 Å². The first-order chi connectivity index (χ1) is 10.0. The normalized spacial score (nSPS) is 10.4. The molecule has 0 spiro atoms. The Morgan fingerprint density at radius 2 is 1.67 bits per heavy atom. The standard InChI is InChI=1S/C15H24N2O3S/c1-17(2)8-6-7-16-15(21)11-9-12(18-3)14(20-5)13(10-11)19-4/h9-10H,6-8H2,1-5H3,(H,16,21). The van der Waals surface area contributed by atoms with Gasteiger partial charge in [-0.1, -0.05) is 12.2 Å². The van der Waals surface area contributed by atoms with Crippen molar-refractivity contribution in [2.45, 2.75) is 6.42 Å². The summed E-state index contributed by atoms with van der Waals surface area (Å²) < 4.78 is 16.0. The van der Waals surface area contributed by atoms with Crippen molar-refractivity contribution in [2.24, 2.45) is 0 Å². The summed E-state index contributed by atoms with van der Waals surface area (Å²) >= 11 is 5.42. The number of hydrogen-bond acceptors (Lipinski definition) is 5. The molecule has 6 heteroatoms. The Kier molecular flexibility index (Phi) is 7.25. The minimum atomic E-state index is 0.569. The summed E-state index contributed by atoms with van der Waals surface area (Å²) in [6.07, 6.45) is 1.03. The molecule has 0 amide bonds. The third-order valence-corrected chi connectivity index (χ3v) is 3.37. The van der Waals surface area contributed by atoms with Crippen LogP contribution < -0.4 is 19.5 Å². The van der Waals surface area contributed by atoms with Gasteiger partial charge < -0.3 is 24.4 Å². The molecule has 0 aliphatic carbocycles. The summed E-state index contributed by atoms with van der Waals surface area (Å²) in [7, 11) is 8.87. The third kappa shape index (κ3) is 5.06. The summed E-state index contributed by atoms with van der Waals surface area (Å²) in [6.45, 7) is 1.85. The highest BCUT2D eigenvalue weighted by molar-refractivity contribution is 7.80. The van der Waals surface area contributed by atoms with E-state index in [-0.39, 0.29) is 0 Å². The number of ether oxygens (including phenoxy) is 3. The van der Waals surface area contributed by atoms with Gasteiger partial charge in [0.2, 0.25) is 5.75 Å². The lowest BCUT2D eigenvalue weighted by molar-refractivity contribution is 0.324. The maximum absolute atomic E-state index is 5.42.